The van der Waals surface area contributed by atoms with Gasteiger partial charge in [-0.05, 0) is 68.4 Å². The maximum absolute atomic E-state index is 12.6. The van der Waals surface area contributed by atoms with Gasteiger partial charge in [0.1, 0.15) is 0 Å². The number of carbonyl (C=O) groups is 2. The van der Waals surface area contributed by atoms with E-state index in [1.54, 1.807) is 11.3 Å². The van der Waals surface area contributed by atoms with Crippen molar-refractivity contribution in [2.24, 2.45) is 0 Å². The Bertz CT molecular complexity index is 915. The summed E-state index contributed by atoms with van der Waals surface area (Å²) in [5.41, 5.74) is 4.10. The highest BCUT2D eigenvalue weighted by atomic mass is 32.1. The van der Waals surface area contributed by atoms with E-state index in [2.05, 4.69) is 35.3 Å². The number of carbonyl (C=O) groups excluding carboxylic acids is 2. The second-order valence-electron chi connectivity index (χ2n) is 8.50. The summed E-state index contributed by atoms with van der Waals surface area (Å²) in [4.78, 5) is 31.2. The predicted octanol–water partition coefficient (Wildman–Crippen LogP) is 3.57. The van der Waals surface area contributed by atoms with Crippen molar-refractivity contribution >= 4 is 23.2 Å². The van der Waals surface area contributed by atoms with Gasteiger partial charge in [-0.25, -0.2) is 0 Å². The summed E-state index contributed by atoms with van der Waals surface area (Å²) in [5, 5.41) is 3.15. The molecule has 1 N–H and O–H groups in total. The van der Waals surface area contributed by atoms with E-state index in [9.17, 15) is 9.59 Å². The van der Waals surface area contributed by atoms with Crippen molar-refractivity contribution in [2.45, 2.75) is 45.6 Å². The molecule has 160 valence electrons. The van der Waals surface area contributed by atoms with E-state index in [-0.39, 0.29) is 17.9 Å². The molecular weight excluding hydrogens is 394 g/mol. The molecule has 1 atom stereocenters. The van der Waals surface area contributed by atoms with Crippen molar-refractivity contribution < 1.29 is 9.59 Å². The topological polar surface area (TPSA) is 52.7 Å². The number of hydrogen-bond donors (Lipinski definition) is 1. The molecule has 6 heteroatoms. The van der Waals surface area contributed by atoms with Crippen LogP contribution in [0.3, 0.4) is 0 Å². The molecule has 1 aliphatic heterocycles. The second-order valence-corrected chi connectivity index (χ2v) is 9.79. The number of hydrogen-bond acceptors (Lipinski definition) is 4. The van der Waals surface area contributed by atoms with E-state index < -0.39 is 0 Å². The largest absolute Gasteiger partial charge is 0.348 e. The first-order chi connectivity index (χ1) is 14.5. The van der Waals surface area contributed by atoms with Gasteiger partial charge in [0, 0.05) is 31.1 Å². The summed E-state index contributed by atoms with van der Waals surface area (Å²) in [5.74, 6) is 0.159. The molecule has 1 aromatic carbocycles. The van der Waals surface area contributed by atoms with Crippen molar-refractivity contribution in [1.82, 2.24) is 15.1 Å². The van der Waals surface area contributed by atoms with Gasteiger partial charge >= 0.3 is 0 Å². The molecule has 0 spiro atoms. The molecule has 0 saturated carbocycles. The third-order valence-corrected chi connectivity index (χ3v) is 7.22. The number of nitrogens with zero attached hydrogens (tertiary/aromatic N) is 2. The van der Waals surface area contributed by atoms with Gasteiger partial charge < -0.3 is 10.2 Å². The third-order valence-electron chi connectivity index (χ3n) is 6.23. The van der Waals surface area contributed by atoms with Crippen LogP contribution in [0, 0.1) is 6.92 Å². The van der Waals surface area contributed by atoms with E-state index in [1.807, 2.05) is 24.0 Å². The number of amides is 2. The van der Waals surface area contributed by atoms with Crippen LogP contribution in [0.5, 0.6) is 0 Å². The Labute approximate surface area is 183 Å². The molecule has 1 unspecified atom stereocenters. The van der Waals surface area contributed by atoms with Gasteiger partial charge in [0.15, 0.2) is 0 Å². The summed E-state index contributed by atoms with van der Waals surface area (Å²) >= 11 is 1.55. The maximum atomic E-state index is 12.6. The highest BCUT2D eigenvalue weighted by Gasteiger charge is 2.24. The van der Waals surface area contributed by atoms with E-state index in [1.165, 1.54) is 36.0 Å². The minimum Gasteiger partial charge on any atom is -0.348 e. The number of fused-ring (bicyclic) bond motifs is 1. The number of nitrogens with one attached hydrogen (secondary N) is 1. The van der Waals surface area contributed by atoms with Gasteiger partial charge in [0.25, 0.3) is 5.91 Å². The number of piperazine rings is 1. The average molecular weight is 426 g/mol. The average Bonchev–Trinajstić information content (AvgIpc) is 3.19. The first-order valence-electron chi connectivity index (χ1n) is 11.0. The molecular formula is C24H31N3O2S. The van der Waals surface area contributed by atoms with Crippen molar-refractivity contribution in [3.8, 4) is 0 Å². The Morgan fingerprint density at radius 2 is 1.77 bits per heavy atom. The second kappa shape index (κ2) is 9.31. The Hall–Kier alpha value is -2.18. The molecule has 0 radical (unpaired) electrons. The Morgan fingerprint density at radius 3 is 2.47 bits per heavy atom. The van der Waals surface area contributed by atoms with Crippen molar-refractivity contribution in [2.75, 3.05) is 32.7 Å². The van der Waals surface area contributed by atoms with Gasteiger partial charge in [-0.1, -0.05) is 18.2 Å². The van der Waals surface area contributed by atoms with Gasteiger partial charge in [0.05, 0.1) is 17.5 Å². The van der Waals surface area contributed by atoms with Crippen LogP contribution in [-0.4, -0.2) is 54.3 Å². The van der Waals surface area contributed by atoms with Crippen LogP contribution in [-0.2, 0) is 17.6 Å². The minimum absolute atomic E-state index is 0.00895. The van der Waals surface area contributed by atoms with Crippen molar-refractivity contribution in [3.05, 3.63) is 56.8 Å². The predicted molar refractivity (Wildman–Crippen MR) is 121 cm³/mol. The van der Waals surface area contributed by atoms with Crippen LogP contribution in [0.15, 0.2) is 30.3 Å². The van der Waals surface area contributed by atoms with Crippen molar-refractivity contribution in [3.63, 3.8) is 0 Å². The molecule has 1 aromatic heterocycles. The first kappa shape index (κ1) is 21.1. The lowest BCUT2D eigenvalue weighted by molar-refractivity contribution is -0.123. The zero-order chi connectivity index (χ0) is 21.1. The van der Waals surface area contributed by atoms with Gasteiger partial charge in [0.2, 0.25) is 5.91 Å². The van der Waals surface area contributed by atoms with Gasteiger partial charge in [-0.3, -0.25) is 14.5 Å². The lowest BCUT2D eigenvalue weighted by atomic mass is 9.89. The van der Waals surface area contributed by atoms with Crippen molar-refractivity contribution in [1.29, 1.82) is 0 Å². The summed E-state index contributed by atoms with van der Waals surface area (Å²) < 4.78 is 0. The normalized spacial score (nSPS) is 18.0. The zero-order valence-electron chi connectivity index (χ0n) is 17.9. The molecule has 0 bridgehead atoms. The number of benzene rings is 1. The smallest absolute Gasteiger partial charge is 0.264 e. The lowest BCUT2D eigenvalue weighted by Crippen LogP contribution is -2.51. The Kier molecular flexibility index (Phi) is 6.54. The quantitative estimate of drug-likeness (QED) is 0.797. The third kappa shape index (κ3) is 4.93. The van der Waals surface area contributed by atoms with E-state index >= 15 is 0 Å². The summed E-state index contributed by atoms with van der Waals surface area (Å²) in [6.07, 6.45) is 4.87. The molecule has 1 aliphatic carbocycles. The van der Waals surface area contributed by atoms with Crippen LogP contribution in [0.2, 0.25) is 0 Å². The van der Waals surface area contributed by atoms with E-state index in [0.717, 1.165) is 29.3 Å². The lowest BCUT2D eigenvalue weighted by Gasteiger charge is -2.34. The summed E-state index contributed by atoms with van der Waals surface area (Å²) in [6.45, 7) is 7.26. The zero-order valence-corrected chi connectivity index (χ0v) is 18.8. The van der Waals surface area contributed by atoms with Crippen LogP contribution >= 0.6 is 11.3 Å². The monoisotopic (exact) mass is 425 g/mol. The number of aryl methyl sites for hydroxylation is 3. The first-order valence-corrected chi connectivity index (χ1v) is 11.8. The fourth-order valence-electron chi connectivity index (χ4n) is 4.41. The fraction of sp³-hybridized carbons (Fsp3) is 0.500. The van der Waals surface area contributed by atoms with Crippen LogP contribution < -0.4 is 5.32 Å². The molecule has 1 saturated heterocycles. The molecule has 5 nitrogen and oxygen atoms in total. The Morgan fingerprint density at radius 1 is 1.03 bits per heavy atom. The SMILES string of the molecule is Cc1ccc(C(=O)N2CCN(CC(=O)NC(C)c3ccc4c(c3)CCCC4)CC2)s1. The maximum Gasteiger partial charge on any atom is 0.264 e. The fourth-order valence-corrected chi connectivity index (χ4v) is 5.25. The molecule has 2 aromatic rings. The summed E-state index contributed by atoms with van der Waals surface area (Å²) in [6, 6.07) is 10.6. The van der Waals surface area contributed by atoms with Crippen LogP contribution in [0.25, 0.3) is 0 Å². The van der Waals surface area contributed by atoms with E-state index in [4.69, 9.17) is 0 Å². The Balaban J connectivity index is 1.25. The molecule has 2 heterocycles. The highest BCUT2D eigenvalue weighted by molar-refractivity contribution is 7.13. The molecule has 2 amide bonds. The van der Waals surface area contributed by atoms with E-state index in [0.29, 0.717) is 19.6 Å². The van der Waals surface area contributed by atoms with Gasteiger partial charge in [-0.2, -0.15) is 0 Å². The van der Waals surface area contributed by atoms with Gasteiger partial charge in [-0.15, -0.1) is 11.3 Å². The molecule has 1 fully saturated rings. The highest BCUT2D eigenvalue weighted by Crippen LogP contribution is 2.25. The summed E-state index contributed by atoms with van der Waals surface area (Å²) in [7, 11) is 0. The van der Waals surface area contributed by atoms with Crippen LogP contribution in [0.4, 0.5) is 0 Å². The van der Waals surface area contributed by atoms with Crippen LogP contribution in [0.1, 0.15) is 57.0 Å². The molecule has 30 heavy (non-hydrogen) atoms. The molecule has 2 aliphatic rings. The minimum atomic E-state index is 0.00895. The number of rotatable bonds is 5. The molecule has 4 rings (SSSR count). The standard InChI is InChI=1S/C24H31N3O2S/c1-17-7-10-22(30-17)24(29)27-13-11-26(12-14-27)16-23(28)25-18(2)20-9-8-19-5-3-4-6-21(19)15-20/h7-10,15,18H,3-6,11-14,16H2,1-2H3,(H,25,28). The number of thiophene rings is 1.